The highest BCUT2D eigenvalue weighted by Crippen LogP contribution is 2.32. The fourth-order valence-corrected chi connectivity index (χ4v) is 3.74. The van der Waals surface area contributed by atoms with Gasteiger partial charge in [0.15, 0.2) is 0 Å². The standard InChI is InChI=1S/C15H12N2O2S2/c1-9-4-5-16-11(6-9)15-17-12(8-20-15)13-3-2-10(21-13)7-14(18)19/h2-6,8H,7H2,1H3,(H,18,19). The van der Waals surface area contributed by atoms with Crippen molar-refractivity contribution in [2.24, 2.45) is 0 Å². The molecule has 0 aliphatic rings. The van der Waals surface area contributed by atoms with Crippen LogP contribution in [0, 0.1) is 6.92 Å². The Balaban J connectivity index is 1.88. The van der Waals surface area contributed by atoms with Gasteiger partial charge < -0.3 is 5.11 Å². The first kappa shape index (κ1) is 13.9. The fraction of sp³-hybridized carbons (Fsp3) is 0.133. The third kappa shape index (κ3) is 3.17. The second-order valence-corrected chi connectivity index (χ2v) is 6.62. The molecule has 3 aromatic heterocycles. The molecule has 0 fully saturated rings. The van der Waals surface area contributed by atoms with Crippen molar-refractivity contribution in [2.75, 3.05) is 0 Å². The number of carboxylic acid groups (broad SMARTS) is 1. The van der Waals surface area contributed by atoms with Gasteiger partial charge in [0.05, 0.1) is 22.7 Å². The van der Waals surface area contributed by atoms with Crippen molar-refractivity contribution >= 4 is 28.6 Å². The van der Waals surface area contributed by atoms with E-state index in [1.807, 2.05) is 36.6 Å². The van der Waals surface area contributed by atoms with E-state index in [0.29, 0.717) is 0 Å². The van der Waals surface area contributed by atoms with Crippen molar-refractivity contribution < 1.29 is 9.90 Å². The lowest BCUT2D eigenvalue weighted by molar-refractivity contribution is -0.136. The maximum atomic E-state index is 10.7. The molecule has 0 radical (unpaired) electrons. The summed E-state index contributed by atoms with van der Waals surface area (Å²) in [5, 5.41) is 11.7. The topological polar surface area (TPSA) is 63.1 Å². The molecule has 6 heteroatoms. The van der Waals surface area contributed by atoms with Crippen molar-refractivity contribution in [1.82, 2.24) is 9.97 Å². The Bertz CT molecular complexity index is 792. The molecule has 0 saturated heterocycles. The van der Waals surface area contributed by atoms with E-state index in [2.05, 4.69) is 9.97 Å². The molecule has 0 amide bonds. The van der Waals surface area contributed by atoms with Gasteiger partial charge in [-0.05, 0) is 36.8 Å². The van der Waals surface area contributed by atoms with Gasteiger partial charge in [-0.2, -0.15) is 0 Å². The summed E-state index contributed by atoms with van der Waals surface area (Å²) in [5.41, 5.74) is 2.89. The molecule has 0 spiro atoms. The van der Waals surface area contributed by atoms with Crippen LogP contribution in [0.5, 0.6) is 0 Å². The Hall–Kier alpha value is -2.05. The van der Waals surface area contributed by atoms with Crippen LogP contribution in [0.4, 0.5) is 0 Å². The number of hydrogen-bond donors (Lipinski definition) is 1. The molecule has 0 aromatic carbocycles. The average Bonchev–Trinajstić information content (AvgIpc) is 3.06. The number of pyridine rings is 1. The molecule has 4 nitrogen and oxygen atoms in total. The van der Waals surface area contributed by atoms with Crippen molar-refractivity contribution in [3.8, 4) is 21.3 Å². The number of thiazole rings is 1. The van der Waals surface area contributed by atoms with E-state index in [0.717, 1.165) is 31.7 Å². The molecule has 0 atom stereocenters. The second kappa shape index (κ2) is 5.75. The average molecular weight is 316 g/mol. The van der Waals surface area contributed by atoms with Crippen LogP contribution in [-0.2, 0) is 11.2 Å². The highest BCUT2D eigenvalue weighted by atomic mass is 32.1. The summed E-state index contributed by atoms with van der Waals surface area (Å²) in [6.45, 7) is 2.02. The highest BCUT2D eigenvalue weighted by Gasteiger charge is 2.11. The molecule has 3 aromatic rings. The molecule has 0 bridgehead atoms. The van der Waals surface area contributed by atoms with Gasteiger partial charge in [-0.15, -0.1) is 22.7 Å². The number of nitrogens with zero attached hydrogens (tertiary/aromatic N) is 2. The first-order chi connectivity index (χ1) is 10.1. The molecular weight excluding hydrogens is 304 g/mol. The summed E-state index contributed by atoms with van der Waals surface area (Å²) in [6.07, 6.45) is 1.84. The Labute approximate surface area is 129 Å². The van der Waals surface area contributed by atoms with Crippen LogP contribution in [0.3, 0.4) is 0 Å². The minimum absolute atomic E-state index is 0.0566. The van der Waals surface area contributed by atoms with Gasteiger partial charge in [-0.25, -0.2) is 4.98 Å². The largest absolute Gasteiger partial charge is 0.481 e. The van der Waals surface area contributed by atoms with Gasteiger partial charge in [0, 0.05) is 16.5 Å². The SMILES string of the molecule is Cc1ccnc(-c2nc(-c3ccc(CC(=O)O)s3)cs2)c1. The molecule has 0 aliphatic heterocycles. The maximum absolute atomic E-state index is 10.7. The maximum Gasteiger partial charge on any atom is 0.308 e. The minimum Gasteiger partial charge on any atom is -0.481 e. The zero-order valence-corrected chi connectivity index (χ0v) is 12.9. The van der Waals surface area contributed by atoms with E-state index in [1.165, 1.54) is 11.3 Å². The molecule has 3 rings (SSSR count). The van der Waals surface area contributed by atoms with Crippen LogP contribution in [0.2, 0.25) is 0 Å². The number of thiophene rings is 1. The third-order valence-corrected chi connectivity index (χ3v) is 4.85. The van der Waals surface area contributed by atoms with Gasteiger partial charge in [-0.1, -0.05) is 0 Å². The van der Waals surface area contributed by atoms with Crippen LogP contribution in [0.1, 0.15) is 10.4 Å². The number of carboxylic acids is 1. The molecule has 3 heterocycles. The summed E-state index contributed by atoms with van der Waals surface area (Å²) in [4.78, 5) is 21.5. The van der Waals surface area contributed by atoms with E-state index < -0.39 is 5.97 Å². The molecule has 106 valence electrons. The summed E-state index contributed by atoms with van der Waals surface area (Å²) in [7, 11) is 0. The third-order valence-electron chi connectivity index (χ3n) is 2.88. The van der Waals surface area contributed by atoms with E-state index in [1.54, 1.807) is 17.5 Å². The monoisotopic (exact) mass is 316 g/mol. The highest BCUT2D eigenvalue weighted by molar-refractivity contribution is 7.16. The Morgan fingerprint density at radius 3 is 2.90 bits per heavy atom. The van der Waals surface area contributed by atoms with E-state index >= 15 is 0 Å². The van der Waals surface area contributed by atoms with Crippen LogP contribution >= 0.6 is 22.7 Å². The van der Waals surface area contributed by atoms with Gasteiger partial charge in [-0.3, -0.25) is 9.78 Å². The molecular formula is C15H12N2O2S2. The quantitative estimate of drug-likeness (QED) is 0.793. The molecule has 0 aliphatic carbocycles. The van der Waals surface area contributed by atoms with Crippen LogP contribution in [0.15, 0.2) is 35.8 Å². The lowest BCUT2D eigenvalue weighted by Gasteiger charge is -1.96. The lowest BCUT2D eigenvalue weighted by Crippen LogP contribution is -1.96. The predicted molar refractivity (Wildman–Crippen MR) is 84.7 cm³/mol. The Kier molecular flexibility index (Phi) is 3.81. The molecule has 1 N–H and O–H groups in total. The van der Waals surface area contributed by atoms with E-state index in [4.69, 9.17) is 5.11 Å². The van der Waals surface area contributed by atoms with Crippen molar-refractivity contribution in [3.05, 3.63) is 46.3 Å². The summed E-state index contributed by atoms with van der Waals surface area (Å²) >= 11 is 3.01. The van der Waals surface area contributed by atoms with Gasteiger partial charge in [0.1, 0.15) is 5.01 Å². The normalized spacial score (nSPS) is 10.7. The van der Waals surface area contributed by atoms with Crippen LogP contribution in [-0.4, -0.2) is 21.0 Å². The smallest absolute Gasteiger partial charge is 0.308 e. The molecule has 21 heavy (non-hydrogen) atoms. The number of rotatable bonds is 4. The van der Waals surface area contributed by atoms with Crippen molar-refractivity contribution in [2.45, 2.75) is 13.3 Å². The van der Waals surface area contributed by atoms with Gasteiger partial charge in [0.2, 0.25) is 0 Å². The Morgan fingerprint density at radius 2 is 2.14 bits per heavy atom. The summed E-state index contributed by atoms with van der Waals surface area (Å²) < 4.78 is 0. The molecule has 0 unspecified atom stereocenters. The second-order valence-electron chi connectivity index (χ2n) is 4.59. The lowest BCUT2D eigenvalue weighted by atomic mass is 10.2. The first-order valence-corrected chi connectivity index (χ1v) is 8.01. The van der Waals surface area contributed by atoms with E-state index in [-0.39, 0.29) is 6.42 Å². The van der Waals surface area contributed by atoms with Crippen molar-refractivity contribution in [1.29, 1.82) is 0 Å². The zero-order valence-electron chi connectivity index (χ0n) is 11.2. The summed E-state index contributed by atoms with van der Waals surface area (Å²) in [5.74, 6) is -0.814. The van der Waals surface area contributed by atoms with Crippen LogP contribution in [0.25, 0.3) is 21.3 Å². The first-order valence-electron chi connectivity index (χ1n) is 6.31. The summed E-state index contributed by atoms with van der Waals surface area (Å²) in [6, 6.07) is 7.73. The number of aliphatic carboxylic acids is 1. The van der Waals surface area contributed by atoms with Crippen molar-refractivity contribution in [3.63, 3.8) is 0 Å². The number of carbonyl (C=O) groups is 1. The zero-order chi connectivity index (χ0) is 14.8. The number of hydrogen-bond acceptors (Lipinski definition) is 5. The fourth-order valence-electron chi connectivity index (χ4n) is 1.92. The minimum atomic E-state index is -0.814. The number of aryl methyl sites for hydroxylation is 1. The molecule has 0 saturated carbocycles. The predicted octanol–water partition coefficient (Wildman–Crippen LogP) is 3.87. The number of aromatic nitrogens is 2. The van der Waals surface area contributed by atoms with E-state index in [9.17, 15) is 4.79 Å². The van der Waals surface area contributed by atoms with Crippen LogP contribution < -0.4 is 0 Å². The Morgan fingerprint density at radius 1 is 1.29 bits per heavy atom. The van der Waals surface area contributed by atoms with Gasteiger partial charge >= 0.3 is 5.97 Å². The van der Waals surface area contributed by atoms with Gasteiger partial charge in [0.25, 0.3) is 0 Å².